The lowest BCUT2D eigenvalue weighted by molar-refractivity contribution is -0.0169. The molecule has 0 aromatic heterocycles. The minimum Gasteiger partial charge on any atom is -0.385 e. The van der Waals surface area contributed by atoms with Gasteiger partial charge in [0.1, 0.15) is 0 Å². The lowest BCUT2D eigenvalue weighted by Gasteiger charge is -2.43. The van der Waals surface area contributed by atoms with Gasteiger partial charge in [-0.3, -0.25) is 0 Å². The Bertz CT molecular complexity index is 222. The Morgan fingerprint density at radius 3 is 2.08 bits per heavy atom. The fraction of sp³-hybridized carbons (Fsp3) is 1.00. The molecule has 1 nitrogen and oxygen atoms in total. The average Bonchev–Trinajstić information content (AvgIpc) is 2.18. The molecule has 70 valence electrons. The highest BCUT2D eigenvalue weighted by Gasteiger charge is 2.66. The Morgan fingerprint density at radius 1 is 1.33 bits per heavy atom. The van der Waals surface area contributed by atoms with Crippen LogP contribution in [-0.2, 0) is 0 Å². The molecular formula is C10H19OP. The van der Waals surface area contributed by atoms with E-state index in [0.717, 1.165) is 12.3 Å². The predicted octanol–water partition coefficient (Wildman–Crippen LogP) is 2.40. The molecule has 12 heavy (non-hydrogen) atoms. The summed E-state index contributed by atoms with van der Waals surface area (Å²) >= 11 is 0. The molecule has 2 rings (SSSR count). The molecule has 0 amide bonds. The van der Waals surface area contributed by atoms with Crippen LogP contribution >= 0.6 is 9.24 Å². The van der Waals surface area contributed by atoms with Crippen molar-refractivity contribution in [2.75, 3.05) is 0 Å². The summed E-state index contributed by atoms with van der Waals surface area (Å²) in [6, 6.07) is 0. The molecule has 2 saturated carbocycles. The van der Waals surface area contributed by atoms with Crippen LogP contribution in [0.15, 0.2) is 0 Å². The second kappa shape index (κ2) is 2.07. The first-order valence-electron chi connectivity index (χ1n) is 4.82. The van der Waals surface area contributed by atoms with Crippen LogP contribution in [0.2, 0.25) is 0 Å². The third kappa shape index (κ3) is 0.731. The molecule has 2 aliphatic rings. The van der Waals surface area contributed by atoms with Gasteiger partial charge in [-0.2, -0.15) is 0 Å². The summed E-state index contributed by atoms with van der Waals surface area (Å²) in [6.45, 7) is 6.87. The molecule has 0 aromatic carbocycles. The zero-order chi connectivity index (χ0) is 9.20. The Kier molecular flexibility index (Phi) is 1.54. The molecule has 0 saturated heterocycles. The molecular weight excluding hydrogens is 167 g/mol. The van der Waals surface area contributed by atoms with Crippen LogP contribution in [0.4, 0.5) is 0 Å². The summed E-state index contributed by atoms with van der Waals surface area (Å²) in [5.74, 6) is 0.727. The van der Waals surface area contributed by atoms with Crippen LogP contribution < -0.4 is 0 Å². The van der Waals surface area contributed by atoms with E-state index in [0.29, 0.717) is 5.41 Å². The zero-order valence-electron chi connectivity index (χ0n) is 8.22. The molecule has 0 aromatic rings. The van der Waals surface area contributed by atoms with E-state index in [-0.39, 0.29) is 5.41 Å². The minimum atomic E-state index is -0.501. The molecule has 2 bridgehead atoms. The lowest BCUT2D eigenvalue weighted by Crippen LogP contribution is -2.42. The minimum absolute atomic E-state index is 0.120. The van der Waals surface area contributed by atoms with Gasteiger partial charge in [0.05, 0.1) is 5.34 Å². The van der Waals surface area contributed by atoms with Crippen molar-refractivity contribution in [1.82, 2.24) is 0 Å². The molecule has 0 spiro atoms. The summed E-state index contributed by atoms with van der Waals surface area (Å²) in [7, 11) is 2.67. The molecule has 0 radical (unpaired) electrons. The van der Waals surface area contributed by atoms with Gasteiger partial charge in [-0.1, -0.05) is 20.8 Å². The zero-order valence-corrected chi connectivity index (χ0v) is 9.38. The summed E-state index contributed by atoms with van der Waals surface area (Å²) in [5.41, 5.74) is 0.443. The van der Waals surface area contributed by atoms with E-state index in [9.17, 15) is 5.11 Å². The molecule has 2 fully saturated rings. The second-order valence-electron chi connectivity index (χ2n) is 5.42. The molecule has 2 aliphatic carbocycles. The first kappa shape index (κ1) is 8.97. The van der Waals surface area contributed by atoms with Gasteiger partial charge < -0.3 is 5.11 Å². The van der Waals surface area contributed by atoms with Gasteiger partial charge in [0.25, 0.3) is 0 Å². The van der Waals surface area contributed by atoms with Crippen molar-refractivity contribution in [3.8, 4) is 0 Å². The predicted molar refractivity (Wildman–Crippen MR) is 53.9 cm³/mol. The molecule has 2 heteroatoms. The highest BCUT2D eigenvalue weighted by molar-refractivity contribution is 7.18. The Balaban J connectivity index is 2.47. The first-order chi connectivity index (χ1) is 5.31. The smallest absolute Gasteiger partial charge is 0.0839 e. The maximum absolute atomic E-state index is 10.2. The van der Waals surface area contributed by atoms with Gasteiger partial charge in [0, 0.05) is 5.41 Å². The number of hydrogen-bond donors (Lipinski definition) is 1. The molecule has 4 atom stereocenters. The lowest BCUT2D eigenvalue weighted by atomic mass is 9.69. The van der Waals surface area contributed by atoms with Gasteiger partial charge in [-0.15, -0.1) is 9.24 Å². The molecule has 1 N–H and O–H groups in total. The van der Waals surface area contributed by atoms with Gasteiger partial charge in [-0.25, -0.2) is 0 Å². The highest BCUT2D eigenvalue weighted by Crippen LogP contribution is 2.71. The van der Waals surface area contributed by atoms with Gasteiger partial charge in [-0.05, 0) is 30.6 Å². The second-order valence-corrected chi connectivity index (χ2v) is 6.37. The Hall–Kier alpha value is 0.390. The van der Waals surface area contributed by atoms with Crippen LogP contribution in [0.25, 0.3) is 0 Å². The Morgan fingerprint density at radius 2 is 1.92 bits per heavy atom. The van der Waals surface area contributed by atoms with Gasteiger partial charge in [0.15, 0.2) is 0 Å². The van der Waals surface area contributed by atoms with Crippen molar-refractivity contribution < 1.29 is 5.11 Å². The van der Waals surface area contributed by atoms with Crippen molar-refractivity contribution in [3.63, 3.8) is 0 Å². The summed E-state index contributed by atoms with van der Waals surface area (Å²) < 4.78 is 0. The molecule has 1 unspecified atom stereocenters. The fourth-order valence-electron chi connectivity index (χ4n) is 3.33. The maximum Gasteiger partial charge on any atom is 0.0839 e. The largest absolute Gasteiger partial charge is 0.385 e. The third-order valence-corrected chi connectivity index (χ3v) is 5.82. The van der Waals surface area contributed by atoms with Gasteiger partial charge in [0.2, 0.25) is 0 Å². The van der Waals surface area contributed by atoms with Crippen molar-refractivity contribution in [3.05, 3.63) is 0 Å². The first-order valence-corrected chi connectivity index (χ1v) is 5.40. The summed E-state index contributed by atoms with van der Waals surface area (Å²) in [5, 5.41) is 9.74. The van der Waals surface area contributed by atoms with Crippen LogP contribution in [-0.4, -0.2) is 10.4 Å². The highest BCUT2D eigenvalue weighted by atomic mass is 31.0. The van der Waals surface area contributed by atoms with E-state index in [1.54, 1.807) is 0 Å². The summed E-state index contributed by atoms with van der Waals surface area (Å²) in [4.78, 5) is 0. The monoisotopic (exact) mass is 186 g/mol. The normalized spacial score (nSPS) is 56.2. The maximum atomic E-state index is 10.2. The van der Waals surface area contributed by atoms with E-state index < -0.39 is 5.34 Å². The van der Waals surface area contributed by atoms with E-state index in [1.165, 1.54) is 12.8 Å². The fourth-order valence-corrected chi connectivity index (χ4v) is 4.13. The molecule has 0 aliphatic heterocycles. The third-order valence-electron chi connectivity index (χ3n) is 4.95. The SMILES string of the molecule is CC1(C)[C@@H]2CC[C@@]1(C)[C@@](O)(P)C2. The van der Waals surface area contributed by atoms with Crippen LogP contribution in [0.5, 0.6) is 0 Å². The summed E-state index contributed by atoms with van der Waals surface area (Å²) in [6.07, 6.45) is 3.46. The quantitative estimate of drug-likeness (QED) is 0.576. The van der Waals surface area contributed by atoms with E-state index in [1.807, 2.05) is 0 Å². The topological polar surface area (TPSA) is 20.2 Å². The van der Waals surface area contributed by atoms with Crippen molar-refractivity contribution in [2.45, 2.75) is 45.4 Å². The van der Waals surface area contributed by atoms with E-state index >= 15 is 0 Å². The van der Waals surface area contributed by atoms with Crippen molar-refractivity contribution >= 4 is 9.24 Å². The average molecular weight is 186 g/mol. The van der Waals surface area contributed by atoms with E-state index in [4.69, 9.17) is 0 Å². The van der Waals surface area contributed by atoms with Crippen molar-refractivity contribution in [2.24, 2.45) is 16.7 Å². The van der Waals surface area contributed by atoms with Crippen molar-refractivity contribution in [1.29, 1.82) is 0 Å². The standard InChI is InChI=1S/C10H19OP/c1-8(2)7-4-5-9(8,3)10(11,12)6-7/h7,11H,4-6,12H2,1-3H3/t7-,9-,10+/m1/s1. The van der Waals surface area contributed by atoms with Gasteiger partial charge >= 0.3 is 0 Å². The molecule has 0 heterocycles. The van der Waals surface area contributed by atoms with Crippen LogP contribution in [0.1, 0.15) is 40.0 Å². The number of fused-ring (bicyclic) bond motifs is 2. The van der Waals surface area contributed by atoms with Crippen LogP contribution in [0.3, 0.4) is 0 Å². The number of rotatable bonds is 0. The number of hydrogen-bond acceptors (Lipinski definition) is 1. The Labute approximate surface area is 77.1 Å². The van der Waals surface area contributed by atoms with Crippen LogP contribution in [0, 0.1) is 16.7 Å². The van der Waals surface area contributed by atoms with E-state index in [2.05, 4.69) is 30.0 Å². The number of aliphatic hydroxyl groups is 1.